The Morgan fingerprint density at radius 3 is 2.28 bits per heavy atom. The van der Waals surface area contributed by atoms with Crippen LogP contribution in [0.3, 0.4) is 0 Å². The number of carbonyl (C=O) groups excluding carboxylic acids is 1. The standard InChI is InChI=1S/C22H18BrNO7S/c1-14-7-9-16(10-8-14)32(28,29)31-20-17(21(25)26)11-12-18(19(20)23)24-22(27)30-13-15-5-3-2-4-6-15/h2-12H,13H2,1H3,(H,24,27)(H,25,26). The molecular formula is C22H18BrNO7S. The highest BCUT2D eigenvalue weighted by atomic mass is 79.9. The zero-order valence-corrected chi connectivity index (χ0v) is 19.1. The first-order valence-electron chi connectivity index (χ1n) is 9.22. The quantitative estimate of drug-likeness (QED) is 0.422. The number of carboxylic acid groups (broad SMARTS) is 1. The monoisotopic (exact) mass is 519 g/mol. The average Bonchev–Trinajstić information content (AvgIpc) is 2.76. The molecule has 0 radical (unpaired) electrons. The Morgan fingerprint density at radius 1 is 1.00 bits per heavy atom. The van der Waals surface area contributed by atoms with Gasteiger partial charge in [-0.2, -0.15) is 8.42 Å². The molecule has 8 nitrogen and oxygen atoms in total. The maximum Gasteiger partial charge on any atom is 0.411 e. The van der Waals surface area contributed by atoms with Gasteiger partial charge in [0.2, 0.25) is 0 Å². The van der Waals surface area contributed by atoms with E-state index in [4.69, 9.17) is 8.92 Å². The molecule has 0 unspecified atom stereocenters. The molecule has 166 valence electrons. The number of aromatic carboxylic acids is 1. The number of ether oxygens (including phenoxy) is 1. The van der Waals surface area contributed by atoms with Crippen molar-refractivity contribution in [1.82, 2.24) is 0 Å². The van der Waals surface area contributed by atoms with E-state index in [2.05, 4.69) is 21.2 Å². The first-order valence-corrected chi connectivity index (χ1v) is 11.4. The second kappa shape index (κ2) is 9.84. The third-order valence-corrected chi connectivity index (χ3v) is 6.30. The van der Waals surface area contributed by atoms with Crippen molar-refractivity contribution in [1.29, 1.82) is 0 Å². The molecule has 0 fully saturated rings. The minimum atomic E-state index is -4.34. The predicted molar refractivity (Wildman–Crippen MR) is 120 cm³/mol. The van der Waals surface area contributed by atoms with E-state index in [1.165, 1.54) is 18.2 Å². The average molecular weight is 520 g/mol. The minimum Gasteiger partial charge on any atom is -0.478 e. The third kappa shape index (κ3) is 5.65. The van der Waals surface area contributed by atoms with Crippen molar-refractivity contribution >= 4 is 43.8 Å². The summed E-state index contributed by atoms with van der Waals surface area (Å²) in [7, 11) is -4.34. The smallest absolute Gasteiger partial charge is 0.411 e. The molecular weight excluding hydrogens is 502 g/mol. The van der Waals surface area contributed by atoms with Crippen LogP contribution in [0.15, 0.2) is 76.1 Å². The Balaban J connectivity index is 1.85. The first-order chi connectivity index (χ1) is 15.2. The lowest BCUT2D eigenvalue weighted by Crippen LogP contribution is -2.16. The number of carbonyl (C=O) groups is 2. The number of amides is 1. The number of carboxylic acids is 1. The van der Waals surface area contributed by atoms with Gasteiger partial charge < -0.3 is 14.0 Å². The maximum absolute atomic E-state index is 12.7. The molecule has 0 saturated heterocycles. The maximum atomic E-state index is 12.7. The highest BCUT2D eigenvalue weighted by molar-refractivity contribution is 9.10. The van der Waals surface area contributed by atoms with Crippen LogP contribution < -0.4 is 9.50 Å². The molecule has 3 aromatic carbocycles. The number of halogens is 1. The largest absolute Gasteiger partial charge is 0.478 e. The van der Waals surface area contributed by atoms with Crippen LogP contribution in [0, 0.1) is 6.92 Å². The summed E-state index contributed by atoms with van der Waals surface area (Å²) in [5, 5.41) is 11.9. The Labute approximate surface area is 193 Å². The van der Waals surface area contributed by atoms with E-state index in [-0.39, 0.29) is 21.7 Å². The highest BCUT2D eigenvalue weighted by Gasteiger charge is 2.25. The number of anilines is 1. The zero-order chi connectivity index (χ0) is 23.3. The number of hydrogen-bond acceptors (Lipinski definition) is 6. The summed E-state index contributed by atoms with van der Waals surface area (Å²) in [4.78, 5) is 23.7. The summed E-state index contributed by atoms with van der Waals surface area (Å²) in [6.45, 7) is 1.81. The van der Waals surface area contributed by atoms with Gasteiger partial charge in [0.1, 0.15) is 17.1 Å². The molecule has 0 bridgehead atoms. The van der Waals surface area contributed by atoms with Crippen molar-refractivity contribution in [3.8, 4) is 5.75 Å². The van der Waals surface area contributed by atoms with Crippen molar-refractivity contribution in [2.75, 3.05) is 5.32 Å². The van der Waals surface area contributed by atoms with Crippen molar-refractivity contribution in [2.24, 2.45) is 0 Å². The minimum absolute atomic E-state index is 0.0165. The topological polar surface area (TPSA) is 119 Å². The SMILES string of the molecule is Cc1ccc(S(=O)(=O)Oc2c(C(=O)O)ccc(NC(=O)OCc3ccccc3)c2Br)cc1. The van der Waals surface area contributed by atoms with Gasteiger partial charge in [0, 0.05) is 0 Å². The van der Waals surface area contributed by atoms with Gasteiger partial charge in [0.25, 0.3) is 0 Å². The predicted octanol–water partition coefficient (Wildman–Crippen LogP) is 4.97. The van der Waals surface area contributed by atoms with Crippen LogP contribution in [0.5, 0.6) is 5.75 Å². The zero-order valence-electron chi connectivity index (χ0n) is 16.7. The van der Waals surface area contributed by atoms with E-state index < -0.39 is 33.5 Å². The fourth-order valence-electron chi connectivity index (χ4n) is 2.63. The van der Waals surface area contributed by atoms with E-state index in [1.54, 1.807) is 43.3 Å². The summed E-state index contributed by atoms with van der Waals surface area (Å²) in [5.74, 6) is -1.88. The van der Waals surface area contributed by atoms with Crippen molar-refractivity contribution in [3.63, 3.8) is 0 Å². The molecule has 0 aromatic heterocycles. The Kier molecular flexibility index (Phi) is 7.16. The molecule has 32 heavy (non-hydrogen) atoms. The van der Waals surface area contributed by atoms with Gasteiger partial charge in [0.05, 0.1) is 10.2 Å². The van der Waals surface area contributed by atoms with Gasteiger partial charge >= 0.3 is 22.2 Å². The van der Waals surface area contributed by atoms with Crippen molar-refractivity contribution in [3.05, 3.63) is 87.9 Å². The Morgan fingerprint density at radius 2 is 1.66 bits per heavy atom. The molecule has 2 N–H and O–H groups in total. The van der Waals surface area contributed by atoms with E-state index in [0.29, 0.717) is 0 Å². The van der Waals surface area contributed by atoms with E-state index in [9.17, 15) is 23.1 Å². The number of aryl methyl sites for hydroxylation is 1. The summed E-state index contributed by atoms with van der Waals surface area (Å²) in [5.41, 5.74) is 1.28. The lowest BCUT2D eigenvalue weighted by Gasteiger charge is -2.15. The fraction of sp³-hybridized carbons (Fsp3) is 0.0909. The molecule has 0 aliphatic rings. The van der Waals surface area contributed by atoms with Crippen LogP contribution in [0.25, 0.3) is 0 Å². The van der Waals surface area contributed by atoms with Crippen molar-refractivity contribution in [2.45, 2.75) is 18.4 Å². The normalized spacial score (nSPS) is 10.9. The van der Waals surface area contributed by atoms with Gasteiger partial charge in [-0.3, -0.25) is 5.32 Å². The molecule has 0 aliphatic carbocycles. The van der Waals surface area contributed by atoms with Crippen LogP contribution >= 0.6 is 15.9 Å². The molecule has 0 atom stereocenters. The van der Waals surface area contributed by atoms with Crippen LogP contribution in [-0.4, -0.2) is 25.6 Å². The molecule has 0 aliphatic heterocycles. The lowest BCUT2D eigenvalue weighted by atomic mass is 10.2. The number of hydrogen-bond donors (Lipinski definition) is 2. The second-order valence-corrected chi connectivity index (χ2v) is 8.99. The van der Waals surface area contributed by atoms with Gasteiger partial charge in [-0.15, -0.1) is 0 Å². The molecule has 0 saturated carbocycles. The molecule has 3 rings (SSSR count). The third-order valence-electron chi connectivity index (χ3n) is 4.28. The Hall–Kier alpha value is -3.37. The lowest BCUT2D eigenvalue weighted by molar-refractivity contribution is 0.0695. The Bertz CT molecular complexity index is 1240. The number of nitrogens with one attached hydrogen (secondary N) is 1. The van der Waals surface area contributed by atoms with Crippen molar-refractivity contribution < 1.29 is 32.0 Å². The summed E-state index contributed by atoms with van der Waals surface area (Å²) >= 11 is 3.14. The number of rotatable bonds is 7. The molecule has 10 heteroatoms. The van der Waals surface area contributed by atoms with Gasteiger partial charge in [-0.05, 0) is 52.7 Å². The van der Waals surface area contributed by atoms with Crippen LogP contribution in [-0.2, 0) is 21.5 Å². The summed E-state index contributed by atoms with van der Waals surface area (Å²) in [6, 6.07) is 17.3. The van der Waals surface area contributed by atoms with Gasteiger partial charge in [-0.1, -0.05) is 48.0 Å². The summed E-state index contributed by atoms with van der Waals surface area (Å²) < 4.78 is 35.6. The first kappa shape index (κ1) is 23.3. The molecule has 1 amide bonds. The van der Waals surface area contributed by atoms with Gasteiger partial charge in [0.15, 0.2) is 5.75 Å². The summed E-state index contributed by atoms with van der Waals surface area (Å²) in [6.07, 6.45) is -0.815. The van der Waals surface area contributed by atoms with Gasteiger partial charge in [-0.25, -0.2) is 9.59 Å². The molecule has 0 spiro atoms. The van der Waals surface area contributed by atoms with E-state index >= 15 is 0 Å². The molecule has 0 heterocycles. The van der Waals surface area contributed by atoms with E-state index in [1.807, 2.05) is 6.07 Å². The van der Waals surface area contributed by atoms with Crippen LogP contribution in [0.4, 0.5) is 10.5 Å². The van der Waals surface area contributed by atoms with E-state index in [0.717, 1.165) is 17.2 Å². The fourth-order valence-corrected chi connectivity index (χ4v) is 4.23. The number of benzene rings is 3. The second-order valence-electron chi connectivity index (χ2n) is 6.65. The molecule has 3 aromatic rings. The highest BCUT2D eigenvalue weighted by Crippen LogP contribution is 2.38. The van der Waals surface area contributed by atoms with Crippen LogP contribution in [0.1, 0.15) is 21.5 Å². The van der Waals surface area contributed by atoms with Crippen LogP contribution in [0.2, 0.25) is 0 Å².